The van der Waals surface area contributed by atoms with Crippen LogP contribution in [0.5, 0.6) is 0 Å². The Bertz CT molecular complexity index is 1580. The van der Waals surface area contributed by atoms with Crippen LogP contribution in [0.2, 0.25) is 0 Å². The Morgan fingerprint density at radius 1 is 0.805 bits per heavy atom. The molecule has 0 aliphatic heterocycles. The molecule has 3 heterocycles. The molecule has 12 heteroatoms. The number of nitrogens with zero attached hydrogens (tertiary/aromatic N) is 3. The van der Waals surface area contributed by atoms with E-state index in [1.54, 1.807) is 72.0 Å². The van der Waals surface area contributed by atoms with Gasteiger partial charge in [0.25, 0.3) is 11.8 Å². The van der Waals surface area contributed by atoms with Crippen LogP contribution >= 0.6 is 11.3 Å². The molecule has 41 heavy (non-hydrogen) atoms. The number of carbonyl (C=O) groups excluding carboxylic acids is 3. The normalized spacial score (nSPS) is 11.0. The summed E-state index contributed by atoms with van der Waals surface area (Å²) in [4.78, 5) is 52.4. The number of amides is 3. The van der Waals surface area contributed by atoms with Gasteiger partial charge in [-0.3, -0.25) is 14.4 Å². The molecule has 0 aliphatic rings. The van der Waals surface area contributed by atoms with E-state index in [2.05, 4.69) is 16.0 Å². The molecule has 0 saturated carbocycles. The van der Waals surface area contributed by atoms with E-state index in [-0.39, 0.29) is 22.6 Å². The molecule has 4 aromatic rings. The first kappa shape index (κ1) is 29.3. The minimum absolute atomic E-state index is 0.114. The number of aryl methyl sites for hydroxylation is 2. The van der Waals surface area contributed by atoms with E-state index >= 15 is 0 Å². The fraction of sp³-hybridized carbons (Fsp3) is 0.241. The summed E-state index contributed by atoms with van der Waals surface area (Å²) in [7, 11) is 7.33. The molecule has 3 aromatic heterocycles. The number of aromatic carboxylic acids is 1. The summed E-state index contributed by atoms with van der Waals surface area (Å²) < 4.78 is 3.24. The molecular weight excluding hydrogens is 544 g/mol. The van der Waals surface area contributed by atoms with Crippen molar-refractivity contribution in [3.63, 3.8) is 0 Å². The van der Waals surface area contributed by atoms with Crippen LogP contribution in [-0.2, 0) is 18.9 Å². The average molecular weight is 577 g/mol. The average Bonchev–Trinajstić information content (AvgIpc) is 3.63. The van der Waals surface area contributed by atoms with Crippen LogP contribution in [0.1, 0.15) is 43.5 Å². The Balaban J connectivity index is 1.36. The van der Waals surface area contributed by atoms with Crippen LogP contribution in [0, 0.1) is 0 Å². The van der Waals surface area contributed by atoms with Crippen molar-refractivity contribution < 1.29 is 24.3 Å². The third-order valence-corrected chi connectivity index (χ3v) is 7.39. The lowest BCUT2D eigenvalue weighted by molar-refractivity contribution is -0.116. The van der Waals surface area contributed by atoms with Gasteiger partial charge in [0.15, 0.2) is 0 Å². The second-order valence-electron chi connectivity index (χ2n) is 9.86. The molecule has 0 radical (unpaired) electrons. The first-order valence-corrected chi connectivity index (χ1v) is 13.7. The molecular formula is C29H32N6O5S. The van der Waals surface area contributed by atoms with Crippen molar-refractivity contribution in [2.24, 2.45) is 14.1 Å². The molecule has 0 fully saturated rings. The Morgan fingerprint density at radius 3 is 1.90 bits per heavy atom. The molecule has 0 saturated heterocycles. The van der Waals surface area contributed by atoms with Crippen molar-refractivity contribution in [1.82, 2.24) is 14.0 Å². The number of carboxylic acid groups (broad SMARTS) is 1. The molecule has 3 amide bonds. The second-order valence-corrected chi connectivity index (χ2v) is 10.9. The van der Waals surface area contributed by atoms with E-state index < -0.39 is 5.97 Å². The topological polar surface area (TPSA) is 138 Å². The minimum atomic E-state index is -0.966. The van der Waals surface area contributed by atoms with Gasteiger partial charge in [-0.1, -0.05) is 12.1 Å². The number of hydrogen-bond acceptors (Lipinski definition) is 6. The number of nitrogens with one attached hydrogen (secondary N) is 3. The Labute approximate surface area is 241 Å². The third-order valence-electron chi connectivity index (χ3n) is 6.27. The van der Waals surface area contributed by atoms with Gasteiger partial charge in [-0.25, -0.2) is 4.79 Å². The van der Waals surface area contributed by atoms with E-state index in [1.807, 2.05) is 31.1 Å². The predicted octanol–water partition coefficient (Wildman–Crippen LogP) is 4.58. The highest BCUT2D eigenvalue weighted by Gasteiger charge is 2.17. The van der Waals surface area contributed by atoms with Crippen LogP contribution in [0.3, 0.4) is 0 Å². The number of aromatic nitrogens is 2. The maximum Gasteiger partial charge on any atom is 0.345 e. The number of carboxylic acids is 1. The van der Waals surface area contributed by atoms with Crippen LogP contribution in [0.25, 0.3) is 10.4 Å². The summed E-state index contributed by atoms with van der Waals surface area (Å²) in [6, 6.07) is 13.6. The maximum absolute atomic E-state index is 13.0. The Morgan fingerprint density at radius 2 is 1.37 bits per heavy atom. The van der Waals surface area contributed by atoms with Crippen molar-refractivity contribution in [2.45, 2.75) is 12.8 Å². The fourth-order valence-corrected chi connectivity index (χ4v) is 5.06. The van der Waals surface area contributed by atoms with Crippen LogP contribution in [-0.4, -0.2) is 63.5 Å². The monoisotopic (exact) mass is 576 g/mol. The van der Waals surface area contributed by atoms with Crippen LogP contribution in [0.15, 0.2) is 60.9 Å². The summed E-state index contributed by atoms with van der Waals surface area (Å²) in [6.07, 6.45) is 4.44. The van der Waals surface area contributed by atoms with E-state index in [0.717, 1.165) is 23.4 Å². The molecule has 4 rings (SSSR count). The first-order valence-electron chi connectivity index (χ1n) is 12.8. The molecule has 0 aliphatic carbocycles. The largest absolute Gasteiger partial charge is 0.477 e. The number of anilines is 3. The van der Waals surface area contributed by atoms with Gasteiger partial charge in [0, 0.05) is 43.5 Å². The number of benzene rings is 1. The first-order chi connectivity index (χ1) is 19.5. The number of rotatable bonds is 11. The van der Waals surface area contributed by atoms with Crippen molar-refractivity contribution in [2.75, 3.05) is 36.6 Å². The molecule has 4 N–H and O–H groups in total. The quantitative estimate of drug-likeness (QED) is 0.206. The highest BCUT2D eigenvalue weighted by molar-refractivity contribution is 7.17. The highest BCUT2D eigenvalue weighted by Crippen LogP contribution is 2.29. The molecule has 1 aromatic carbocycles. The zero-order valence-corrected chi connectivity index (χ0v) is 24.0. The van der Waals surface area contributed by atoms with Gasteiger partial charge >= 0.3 is 5.97 Å². The molecule has 0 bridgehead atoms. The molecule has 11 nitrogen and oxygen atoms in total. The minimum Gasteiger partial charge on any atom is -0.477 e. The molecule has 0 unspecified atom stereocenters. The van der Waals surface area contributed by atoms with Gasteiger partial charge in [0.1, 0.15) is 16.3 Å². The smallest absolute Gasteiger partial charge is 0.345 e. The summed E-state index contributed by atoms with van der Waals surface area (Å²) in [5.74, 6) is -1.82. The summed E-state index contributed by atoms with van der Waals surface area (Å²) >= 11 is 1.18. The van der Waals surface area contributed by atoms with Crippen molar-refractivity contribution >= 4 is 52.1 Å². The van der Waals surface area contributed by atoms with Crippen molar-refractivity contribution in [3.8, 4) is 10.4 Å². The molecule has 214 valence electrons. The van der Waals surface area contributed by atoms with Gasteiger partial charge < -0.3 is 35.1 Å². The van der Waals surface area contributed by atoms with Gasteiger partial charge in [0.05, 0.1) is 11.4 Å². The molecule has 0 atom stereocenters. The zero-order chi connectivity index (χ0) is 29.7. The number of hydrogen-bond donors (Lipinski definition) is 4. The van der Waals surface area contributed by atoms with Gasteiger partial charge in [0.2, 0.25) is 5.91 Å². The van der Waals surface area contributed by atoms with Crippen LogP contribution < -0.4 is 16.0 Å². The summed E-state index contributed by atoms with van der Waals surface area (Å²) in [5, 5.41) is 17.6. The fourth-order valence-electron chi connectivity index (χ4n) is 4.21. The third kappa shape index (κ3) is 7.50. The summed E-state index contributed by atoms with van der Waals surface area (Å²) in [5.41, 5.74) is 3.09. The Kier molecular flexibility index (Phi) is 9.05. The van der Waals surface area contributed by atoms with Crippen molar-refractivity contribution in [1.29, 1.82) is 0 Å². The Hall–Kier alpha value is -4.68. The lowest BCUT2D eigenvalue weighted by Gasteiger charge is -2.08. The SMILES string of the molecule is CN(C)CCCC(=O)Nc1cc(C(=O)Nc2cc(C(=O)Nc3ccc(-c4ccc(C(=O)O)s4)cc3)n(C)c2)n(C)c1. The zero-order valence-electron chi connectivity index (χ0n) is 23.2. The van der Waals surface area contributed by atoms with E-state index in [1.165, 1.54) is 11.3 Å². The van der Waals surface area contributed by atoms with Gasteiger partial charge in [-0.15, -0.1) is 11.3 Å². The summed E-state index contributed by atoms with van der Waals surface area (Å²) in [6.45, 7) is 0.811. The lowest BCUT2D eigenvalue weighted by Crippen LogP contribution is -2.17. The van der Waals surface area contributed by atoms with Gasteiger partial charge in [-0.2, -0.15) is 0 Å². The second kappa shape index (κ2) is 12.7. The van der Waals surface area contributed by atoms with Crippen molar-refractivity contribution in [3.05, 3.63) is 77.2 Å². The van der Waals surface area contributed by atoms with Gasteiger partial charge in [-0.05, 0) is 69.0 Å². The predicted molar refractivity (Wildman–Crippen MR) is 160 cm³/mol. The maximum atomic E-state index is 13.0. The highest BCUT2D eigenvalue weighted by atomic mass is 32.1. The number of thiophene rings is 1. The van der Waals surface area contributed by atoms with E-state index in [4.69, 9.17) is 5.11 Å². The number of carbonyl (C=O) groups is 4. The van der Waals surface area contributed by atoms with E-state index in [9.17, 15) is 19.2 Å². The lowest BCUT2D eigenvalue weighted by atomic mass is 10.1. The van der Waals surface area contributed by atoms with E-state index in [0.29, 0.717) is 34.9 Å². The van der Waals surface area contributed by atoms with Crippen LogP contribution in [0.4, 0.5) is 17.1 Å². The molecule has 0 spiro atoms. The standard InChI is InChI=1S/C29H32N6O5S/c1-33(2)13-5-6-26(36)30-20-14-22(34(3)16-20)28(38)32-21-15-23(35(4)17-21)27(37)31-19-9-7-18(8-10-19)24-11-12-25(41-24)29(39)40/h7-12,14-17H,5-6,13H2,1-4H3,(H,30,36)(H,31,37)(H,32,38)(H,39,40).